The van der Waals surface area contributed by atoms with Gasteiger partial charge in [0.25, 0.3) is 5.89 Å². The molecule has 0 spiro atoms. The minimum atomic E-state index is 0.237. The first-order valence-corrected chi connectivity index (χ1v) is 8.80. The lowest BCUT2D eigenvalue weighted by Crippen LogP contribution is -1.90. The molecule has 8 nitrogen and oxygen atoms in total. The summed E-state index contributed by atoms with van der Waals surface area (Å²) in [5, 5.41) is 11.8. The summed E-state index contributed by atoms with van der Waals surface area (Å²) in [5.41, 5.74) is 1.45. The highest BCUT2D eigenvalue weighted by atomic mass is 32.1. The lowest BCUT2D eigenvalue weighted by molar-refractivity contribution is 0.397. The highest BCUT2D eigenvalue weighted by Gasteiger charge is 2.16. The number of fused-ring (bicyclic) bond motifs is 1. The normalized spacial score (nSPS) is 10.8. The maximum absolute atomic E-state index is 5.71. The van der Waals surface area contributed by atoms with Crippen LogP contribution in [0.4, 0.5) is 11.1 Å². The number of para-hydroxylation sites is 1. The Morgan fingerprint density at radius 3 is 2.56 bits per heavy atom. The van der Waals surface area contributed by atoms with E-state index in [9.17, 15) is 0 Å². The summed E-state index contributed by atoms with van der Waals surface area (Å²) in [6, 6.07) is 11.4. The predicted octanol–water partition coefficient (Wildman–Crippen LogP) is 4.12. The van der Waals surface area contributed by atoms with E-state index in [1.54, 1.807) is 27.4 Å². The van der Waals surface area contributed by atoms with Crippen molar-refractivity contribution in [3.63, 3.8) is 0 Å². The first kappa shape index (κ1) is 17.1. The van der Waals surface area contributed by atoms with Crippen LogP contribution >= 0.6 is 11.3 Å². The molecule has 0 bridgehead atoms. The number of nitrogens with one attached hydrogen (secondary N) is 1. The molecule has 0 aliphatic heterocycles. The third kappa shape index (κ3) is 3.24. The summed E-state index contributed by atoms with van der Waals surface area (Å²) in [6.45, 7) is 0. The number of nitrogens with zero attached hydrogens (tertiary/aromatic N) is 3. The van der Waals surface area contributed by atoms with E-state index in [-0.39, 0.29) is 6.01 Å². The molecule has 9 heteroatoms. The van der Waals surface area contributed by atoms with Crippen LogP contribution in [0.25, 0.3) is 21.7 Å². The molecule has 4 aromatic rings. The van der Waals surface area contributed by atoms with Crippen molar-refractivity contribution >= 4 is 32.7 Å². The maximum Gasteiger partial charge on any atom is 0.322 e. The monoisotopic (exact) mass is 384 g/mol. The molecule has 27 heavy (non-hydrogen) atoms. The van der Waals surface area contributed by atoms with E-state index in [4.69, 9.17) is 18.6 Å². The number of hydrogen-bond donors (Lipinski definition) is 1. The van der Waals surface area contributed by atoms with Gasteiger partial charge in [0.1, 0.15) is 22.8 Å². The molecule has 0 atom stereocenters. The Kier molecular flexibility index (Phi) is 4.51. The summed E-state index contributed by atoms with van der Waals surface area (Å²) in [7, 11) is 4.80. The van der Waals surface area contributed by atoms with Gasteiger partial charge in [-0.25, -0.2) is 4.98 Å². The van der Waals surface area contributed by atoms with Crippen LogP contribution in [0.3, 0.4) is 0 Å². The van der Waals surface area contributed by atoms with Crippen LogP contribution in [0.1, 0.15) is 0 Å². The second kappa shape index (κ2) is 7.12. The molecule has 0 unspecified atom stereocenters. The predicted molar refractivity (Wildman–Crippen MR) is 102 cm³/mol. The summed E-state index contributed by atoms with van der Waals surface area (Å²) < 4.78 is 22.6. The summed E-state index contributed by atoms with van der Waals surface area (Å²) >= 11 is 1.43. The highest BCUT2D eigenvalue weighted by molar-refractivity contribution is 7.22. The average Bonchev–Trinajstić information content (AvgIpc) is 3.33. The van der Waals surface area contributed by atoms with Gasteiger partial charge >= 0.3 is 6.01 Å². The van der Waals surface area contributed by atoms with E-state index in [0.717, 1.165) is 15.8 Å². The van der Waals surface area contributed by atoms with Crippen LogP contribution in [0, 0.1) is 0 Å². The molecule has 4 rings (SSSR count). The Morgan fingerprint density at radius 2 is 1.78 bits per heavy atom. The van der Waals surface area contributed by atoms with E-state index in [1.807, 2.05) is 30.3 Å². The maximum atomic E-state index is 5.71. The van der Waals surface area contributed by atoms with Crippen LogP contribution in [0.5, 0.6) is 17.2 Å². The molecule has 138 valence electrons. The molecule has 0 aliphatic rings. The molecule has 0 aliphatic carbocycles. The van der Waals surface area contributed by atoms with Crippen molar-refractivity contribution in [1.82, 2.24) is 15.2 Å². The van der Waals surface area contributed by atoms with Crippen LogP contribution in [0.2, 0.25) is 0 Å². The van der Waals surface area contributed by atoms with Gasteiger partial charge in [-0.1, -0.05) is 28.6 Å². The lowest BCUT2D eigenvalue weighted by atomic mass is 10.2. The quantitative estimate of drug-likeness (QED) is 0.531. The van der Waals surface area contributed by atoms with Gasteiger partial charge in [-0.2, -0.15) is 0 Å². The van der Waals surface area contributed by atoms with Gasteiger partial charge in [0.05, 0.1) is 31.6 Å². The number of anilines is 2. The lowest BCUT2D eigenvalue weighted by Gasteiger charge is -2.03. The van der Waals surface area contributed by atoms with Crippen molar-refractivity contribution in [2.75, 3.05) is 26.6 Å². The van der Waals surface area contributed by atoms with E-state index >= 15 is 0 Å². The van der Waals surface area contributed by atoms with Crippen LogP contribution in [-0.2, 0) is 0 Å². The van der Waals surface area contributed by atoms with Gasteiger partial charge in [-0.05, 0) is 18.2 Å². The van der Waals surface area contributed by atoms with E-state index in [1.165, 1.54) is 11.3 Å². The first-order valence-electron chi connectivity index (χ1n) is 7.98. The van der Waals surface area contributed by atoms with Crippen molar-refractivity contribution < 1.29 is 18.6 Å². The van der Waals surface area contributed by atoms with Gasteiger partial charge in [0.2, 0.25) is 0 Å². The van der Waals surface area contributed by atoms with Gasteiger partial charge < -0.3 is 18.6 Å². The third-order valence-corrected chi connectivity index (χ3v) is 4.78. The number of benzene rings is 2. The van der Waals surface area contributed by atoms with Gasteiger partial charge in [0.15, 0.2) is 5.13 Å². The van der Waals surface area contributed by atoms with Crippen molar-refractivity contribution in [3.05, 3.63) is 36.4 Å². The Morgan fingerprint density at radius 1 is 0.963 bits per heavy atom. The van der Waals surface area contributed by atoms with Crippen LogP contribution in [-0.4, -0.2) is 36.5 Å². The molecule has 1 N–H and O–H groups in total. The molecule has 0 saturated carbocycles. The average molecular weight is 384 g/mol. The number of aromatic nitrogens is 3. The number of hydrogen-bond acceptors (Lipinski definition) is 9. The van der Waals surface area contributed by atoms with Gasteiger partial charge in [-0.15, -0.1) is 5.10 Å². The number of methoxy groups -OCH3 is 3. The van der Waals surface area contributed by atoms with Crippen molar-refractivity contribution in [1.29, 1.82) is 0 Å². The standard InChI is InChI=1S/C18H16N4O4S/c1-23-10-8-13(25-3)15-14(9-10)27-18(19-15)20-17-22-21-16(26-17)11-6-4-5-7-12(11)24-2/h4-9H,1-3H3,(H,19,20,22). The molecular formula is C18H16N4O4S. The van der Waals surface area contributed by atoms with Crippen molar-refractivity contribution in [3.8, 4) is 28.7 Å². The zero-order valence-electron chi connectivity index (χ0n) is 14.8. The fraction of sp³-hybridized carbons (Fsp3) is 0.167. The van der Waals surface area contributed by atoms with E-state index in [0.29, 0.717) is 28.3 Å². The highest BCUT2D eigenvalue weighted by Crippen LogP contribution is 2.37. The smallest absolute Gasteiger partial charge is 0.322 e. The molecule has 2 aromatic carbocycles. The first-order chi connectivity index (χ1) is 13.2. The van der Waals surface area contributed by atoms with Crippen LogP contribution in [0.15, 0.2) is 40.8 Å². The zero-order valence-corrected chi connectivity index (χ0v) is 15.7. The minimum absolute atomic E-state index is 0.237. The number of rotatable bonds is 6. The van der Waals surface area contributed by atoms with Gasteiger partial charge in [-0.3, -0.25) is 5.32 Å². The van der Waals surface area contributed by atoms with Gasteiger partial charge in [0, 0.05) is 6.07 Å². The fourth-order valence-electron chi connectivity index (χ4n) is 2.60. The molecule has 2 heterocycles. The van der Waals surface area contributed by atoms with Crippen molar-refractivity contribution in [2.45, 2.75) is 0 Å². The van der Waals surface area contributed by atoms with E-state index in [2.05, 4.69) is 20.5 Å². The Labute approximate surface area is 158 Å². The molecule has 2 aromatic heterocycles. The second-order valence-electron chi connectivity index (χ2n) is 5.43. The largest absolute Gasteiger partial charge is 0.497 e. The molecule has 0 radical (unpaired) electrons. The third-order valence-electron chi connectivity index (χ3n) is 3.87. The topological polar surface area (TPSA) is 91.5 Å². The molecule has 0 fully saturated rings. The number of thiazole rings is 1. The second-order valence-corrected chi connectivity index (χ2v) is 6.46. The zero-order chi connectivity index (χ0) is 18.8. The minimum Gasteiger partial charge on any atom is -0.497 e. The van der Waals surface area contributed by atoms with Crippen LogP contribution < -0.4 is 19.5 Å². The fourth-order valence-corrected chi connectivity index (χ4v) is 3.50. The van der Waals surface area contributed by atoms with Crippen molar-refractivity contribution in [2.24, 2.45) is 0 Å². The Balaban J connectivity index is 1.64. The summed E-state index contributed by atoms with van der Waals surface area (Å²) in [5.74, 6) is 2.35. The number of ether oxygens (including phenoxy) is 3. The molecule has 0 amide bonds. The molecular weight excluding hydrogens is 368 g/mol. The molecule has 0 saturated heterocycles. The summed E-state index contributed by atoms with van der Waals surface area (Å²) in [6.07, 6.45) is 0. The Bertz CT molecular complexity index is 1090. The Hall–Kier alpha value is -3.33. The van der Waals surface area contributed by atoms with E-state index < -0.39 is 0 Å². The SMILES string of the molecule is COc1cc(OC)c2nc(Nc3nnc(-c4ccccc4OC)o3)sc2c1. The summed E-state index contributed by atoms with van der Waals surface area (Å²) in [4.78, 5) is 4.54.